The average Bonchev–Trinajstić information content (AvgIpc) is 2.94. The van der Waals surface area contributed by atoms with E-state index in [1.807, 2.05) is 84.9 Å². The third kappa shape index (κ3) is 5.07. The van der Waals surface area contributed by atoms with E-state index in [0.717, 1.165) is 22.3 Å². The van der Waals surface area contributed by atoms with E-state index >= 15 is 0 Å². The van der Waals surface area contributed by atoms with Crippen molar-refractivity contribution in [3.63, 3.8) is 0 Å². The zero-order valence-corrected chi connectivity index (χ0v) is 20.9. The third-order valence-corrected chi connectivity index (χ3v) is 7.13. The number of hydrogen-bond acceptors (Lipinski definition) is 4. The molecule has 1 aliphatic carbocycles. The topological polar surface area (TPSA) is 52.6 Å². The molecule has 38 heavy (non-hydrogen) atoms. The first-order valence-corrected chi connectivity index (χ1v) is 12.6. The van der Waals surface area contributed by atoms with Crippen LogP contribution in [0.25, 0.3) is 12.2 Å². The van der Waals surface area contributed by atoms with Gasteiger partial charge in [0.05, 0.1) is 11.8 Å². The van der Waals surface area contributed by atoms with Crippen molar-refractivity contribution in [1.82, 2.24) is 0 Å². The molecule has 0 bridgehead atoms. The molecule has 4 aromatic rings. The summed E-state index contributed by atoms with van der Waals surface area (Å²) in [4.78, 5) is 27.4. The molecule has 188 valence electrons. The van der Waals surface area contributed by atoms with E-state index in [1.54, 1.807) is 36.4 Å². The number of hydrogen-bond donors (Lipinski definition) is 0. The maximum absolute atomic E-state index is 13.7. The van der Waals surface area contributed by atoms with Crippen LogP contribution < -0.4 is 9.47 Å². The number of benzene rings is 4. The molecule has 0 saturated heterocycles. The Hall–Kier alpha value is -4.70. The molecular weight excluding hydrogens is 472 g/mol. The molecule has 1 fully saturated rings. The van der Waals surface area contributed by atoms with Crippen molar-refractivity contribution < 1.29 is 19.1 Å². The van der Waals surface area contributed by atoms with Crippen LogP contribution in [-0.2, 0) is 9.59 Å². The van der Waals surface area contributed by atoms with Crippen LogP contribution in [0.5, 0.6) is 11.5 Å². The average molecular weight is 501 g/mol. The smallest absolute Gasteiger partial charge is 0.315 e. The summed E-state index contributed by atoms with van der Waals surface area (Å²) in [7, 11) is 0. The van der Waals surface area contributed by atoms with Gasteiger partial charge in [0.2, 0.25) is 0 Å². The lowest BCUT2D eigenvalue weighted by atomic mass is 9.52. The molecule has 0 spiro atoms. The van der Waals surface area contributed by atoms with Crippen molar-refractivity contribution in [3.05, 3.63) is 145 Å². The lowest BCUT2D eigenvalue weighted by Crippen LogP contribution is -2.53. The van der Waals surface area contributed by atoms with Gasteiger partial charge in [-0.2, -0.15) is 0 Å². The maximum atomic E-state index is 13.7. The highest BCUT2D eigenvalue weighted by molar-refractivity contribution is 5.89. The minimum atomic E-state index is -0.721. The monoisotopic (exact) mass is 500 g/mol. The highest BCUT2D eigenvalue weighted by atomic mass is 16.5. The highest BCUT2D eigenvalue weighted by Crippen LogP contribution is 2.58. The molecule has 0 unspecified atom stereocenters. The van der Waals surface area contributed by atoms with E-state index in [-0.39, 0.29) is 11.8 Å². The van der Waals surface area contributed by atoms with Crippen LogP contribution in [0.3, 0.4) is 0 Å². The Kier molecular flexibility index (Phi) is 7.32. The van der Waals surface area contributed by atoms with Gasteiger partial charge in [0.25, 0.3) is 0 Å². The molecule has 0 amide bonds. The lowest BCUT2D eigenvalue weighted by Gasteiger charge is -2.49. The molecule has 0 heterocycles. The minimum absolute atomic E-state index is 0.251. The van der Waals surface area contributed by atoms with Crippen molar-refractivity contribution in [1.29, 1.82) is 0 Å². The molecule has 5 rings (SSSR count). The van der Waals surface area contributed by atoms with Crippen molar-refractivity contribution in [3.8, 4) is 11.5 Å². The second kappa shape index (κ2) is 11.1. The van der Waals surface area contributed by atoms with Crippen molar-refractivity contribution in [2.24, 2.45) is 11.8 Å². The molecule has 1 saturated carbocycles. The van der Waals surface area contributed by atoms with Crippen LogP contribution in [0.4, 0.5) is 0 Å². The van der Waals surface area contributed by atoms with Gasteiger partial charge in [0, 0.05) is 11.8 Å². The van der Waals surface area contributed by atoms with E-state index in [1.165, 1.54) is 0 Å². The van der Waals surface area contributed by atoms with E-state index in [9.17, 15) is 9.59 Å². The second-order valence-corrected chi connectivity index (χ2v) is 9.31. The van der Waals surface area contributed by atoms with E-state index in [0.29, 0.717) is 11.5 Å². The Morgan fingerprint density at radius 3 is 1.18 bits per heavy atom. The fraction of sp³-hybridized carbons (Fsp3) is 0.118. The molecule has 4 nitrogen and oxygen atoms in total. The van der Waals surface area contributed by atoms with Gasteiger partial charge in [-0.25, -0.2) is 0 Å². The quantitative estimate of drug-likeness (QED) is 0.188. The van der Waals surface area contributed by atoms with Gasteiger partial charge >= 0.3 is 11.9 Å². The predicted octanol–water partition coefficient (Wildman–Crippen LogP) is 7.30. The number of esters is 2. The molecule has 1 aliphatic rings. The summed E-state index contributed by atoms with van der Waals surface area (Å²) in [6, 6.07) is 33.9. The lowest BCUT2D eigenvalue weighted by molar-refractivity contribution is -0.161. The Morgan fingerprint density at radius 1 is 0.526 bits per heavy atom. The Labute approximate surface area is 222 Å². The summed E-state index contributed by atoms with van der Waals surface area (Å²) in [6.45, 7) is 7.52. The van der Waals surface area contributed by atoms with E-state index in [2.05, 4.69) is 13.2 Å². The molecule has 0 radical (unpaired) electrons. The van der Waals surface area contributed by atoms with Gasteiger partial charge in [-0.3, -0.25) is 9.59 Å². The Bertz CT molecular complexity index is 1310. The molecule has 0 aliphatic heterocycles. The van der Waals surface area contributed by atoms with E-state index in [4.69, 9.17) is 9.47 Å². The number of rotatable bonds is 8. The third-order valence-electron chi connectivity index (χ3n) is 7.13. The van der Waals surface area contributed by atoms with Crippen molar-refractivity contribution in [2.75, 3.05) is 0 Å². The first kappa shape index (κ1) is 25.0. The summed E-state index contributed by atoms with van der Waals surface area (Å²) >= 11 is 0. The van der Waals surface area contributed by atoms with Crippen LogP contribution in [0, 0.1) is 11.8 Å². The number of ether oxygens (including phenoxy) is 2. The summed E-state index contributed by atoms with van der Waals surface area (Å²) in [5, 5.41) is 0. The van der Waals surface area contributed by atoms with Crippen LogP contribution in [0.1, 0.15) is 34.1 Å². The van der Waals surface area contributed by atoms with Gasteiger partial charge in [0.15, 0.2) is 0 Å². The predicted molar refractivity (Wildman–Crippen MR) is 150 cm³/mol. The van der Waals surface area contributed by atoms with Gasteiger partial charge < -0.3 is 9.47 Å². The van der Waals surface area contributed by atoms with Crippen LogP contribution in [0.2, 0.25) is 0 Å². The normalized spacial score (nSPS) is 20.0. The molecule has 4 heteroatoms. The van der Waals surface area contributed by atoms with Crippen LogP contribution >= 0.6 is 0 Å². The fourth-order valence-corrected chi connectivity index (χ4v) is 5.23. The number of carbonyl (C=O) groups is 2. The maximum Gasteiger partial charge on any atom is 0.315 e. The zero-order chi connectivity index (χ0) is 26.5. The van der Waals surface area contributed by atoms with Gasteiger partial charge in [-0.05, 0) is 46.5 Å². The van der Waals surface area contributed by atoms with Crippen LogP contribution in [0.15, 0.2) is 122 Å². The number of carbonyl (C=O) groups excluding carboxylic acids is 2. The fourth-order valence-electron chi connectivity index (χ4n) is 5.23. The zero-order valence-electron chi connectivity index (χ0n) is 20.9. The van der Waals surface area contributed by atoms with Gasteiger partial charge in [-0.15, -0.1) is 0 Å². The Morgan fingerprint density at radius 2 is 0.868 bits per heavy atom. The first-order valence-electron chi connectivity index (χ1n) is 12.6. The van der Waals surface area contributed by atoms with Crippen molar-refractivity contribution in [2.45, 2.75) is 11.8 Å². The van der Waals surface area contributed by atoms with Gasteiger partial charge in [0.1, 0.15) is 11.5 Å². The largest absolute Gasteiger partial charge is 0.426 e. The first-order chi connectivity index (χ1) is 18.6. The molecule has 0 N–H and O–H groups in total. The molecule has 4 atom stereocenters. The summed E-state index contributed by atoms with van der Waals surface area (Å²) in [5.41, 5.74) is 3.79. The Balaban J connectivity index is 1.51. The summed E-state index contributed by atoms with van der Waals surface area (Å²) < 4.78 is 11.6. The standard InChI is InChI=1S/C34H28O4/c1-3-23-15-19-27(20-16-23)37-33(35)31-29(25-11-7-5-8-12-25)30(26-13-9-6-10-14-26)32(31)34(36)38-28-21-17-24(4-2)18-22-28/h3-22,29-32H,1-2H2/t29-,30-,31+,32+/m1/s1. The molecular formula is C34H28O4. The summed E-state index contributed by atoms with van der Waals surface area (Å²) in [5.74, 6) is -2.02. The van der Waals surface area contributed by atoms with Crippen molar-refractivity contribution >= 4 is 24.1 Å². The van der Waals surface area contributed by atoms with E-state index < -0.39 is 23.8 Å². The van der Waals surface area contributed by atoms with Crippen LogP contribution in [-0.4, -0.2) is 11.9 Å². The molecule has 0 aromatic heterocycles. The second-order valence-electron chi connectivity index (χ2n) is 9.31. The highest BCUT2D eigenvalue weighted by Gasteiger charge is 2.60. The van der Waals surface area contributed by atoms with Gasteiger partial charge in [-0.1, -0.05) is 110 Å². The molecule has 4 aromatic carbocycles. The minimum Gasteiger partial charge on any atom is -0.426 e. The SMILES string of the molecule is C=Cc1ccc(OC(=O)[C@@H]2[C@@H](C(=O)Oc3ccc(C=C)cc3)[C@H](c3ccccc3)[C@H]2c2ccccc2)cc1. The summed E-state index contributed by atoms with van der Waals surface area (Å²) in [6.07, 6.45) is 3.45.